The van der Waals surface area contributed by atoms with E-state index in [9.17, 15) is 5.11 Å². The number of hydrogen-bond acceptors (Lipinski definition) is 5. The zero-order valence-electron chi connectivity index (χ0n) is 16.8. The van der Waals surface area contributed by atoms with Crippen molar-refractivity contribution >= 4 is 11.8 Å². The fraction of sp³-hybridized carbons (Fsp3) is 0.545. The fourth-order valence-electron chi connectivity index (χ4n) is 3.51. The average molecular weight is 367 g/mol. The molecule has 1 aliphatic heterocycles. The molecule has 0 atom stereocenters. The Morgan fingerprint density at radius 1 is 1.15 bits per heavy atom. The summed E-state index contributed by atoms with van der Waals surface area (Å²) in [7, 11) is 0. The summed E-state index contributed by atoms with van der Waals surface area (Å²) in [6.07, 6.45) is 3.39. The fourth-order valence-corrected chi connectivity index (χ4v) is 3.51. The Hall–Kier alpha value is -2.14. The van der Waals surface area contributed by atoms with Crippen molar-refractivity contribution in [2.45, 2.75) is 71.1 Å². The molecule has 1 fully saturated rings. The van der Waals surface area contributed by atoms with Crippen molar-refractivity contribution in [3.05, 3.63) is 46.6 Å². The van der Waals surface area contributed by atoms with E-state index >= 15 is 0 Å². The Morgan fingerprint density at radius 2 is 1.93 bits per heavy atom. The van der Waals surface area contributed by atoms with Gasteiger partial charge < -0.3 is 15.3 Å². The van der Waals surface area contributed by atoms with Crippen LogP contribution in [0.5, 0.6) is 0 Å². The molecule has 0 radical (unpaired) electrons. The second kappa shape index (κ2) is 6.79. The van der Waals surface area contributed by atoms with Gasteiger partial charge in [-0.1, -0.05) is 32.0 Å². The van der Waals surface area contributed by atoms with Gasteiger partial charge in [0.15, 0.2) is 0 Å². The van der Waals surface area contributed by atoms with Crippen LogP contribution in [-0.4, -0.2) is 27.7 Å². The summed E-state index contributed by atoms with van der Waals surface area (Å²) in [5.41, 5.74) is 3.92. The van der Waals surface area contributed by atoms with Crippen LogP contribution in [-0.2, 0) is 18.6 Å². The minimum absolute atomic E-state index is 0.373. The second-order valence-electron chi connectivity index (χ2n) is 8.76. The molecule has 1 aromatic carbocycles. The van der Waals surface area contributed by atoms with Gasteiger partial charge in [0.05, 0.1) is 11.3 Å². The van der Waals surface area contributed by atoms with E-state index in [0.29, 0.717) is 12.0 Å². The number of nitrogens with zero attached hydrogens (tertiary/aromatic N) is 3. The average Bonchev–Trinajstić information content (AvgIpc) is 3.43. The van der Waals surface area contributed by atoms with Crippen molar-refractivity contribution in [2.24, 2.45) is 0 Å². The van der Waals surface area contributed by atoms with E-state index < -0.39 is 5.60 Å². The van der Waals surface area contributed by atoms with Gasteiger partial charge >= 0.3 is 0 Å². The van der Waals surface area contributed by atoms with Crippen molar-refractivity contribution in [3.8, 4) is 0 Å². The number of benzene rings is 1. The molecule has 5 heteroatoms. The number of aliphatic hydroxyl groups is 1. The molecule has 0 bridgehead atoms. The van der Waals surface area contributed by atoms with Crippen LogP contribution in [0.3, 0.4) is 0 Å². The number of hydrogen-bond donors (Lipinski definition) is 2. The lowest BCUT2D eigenvalue weighted by molar-refractivity contribution is 0.0785. The molecule has 0 spiro atoms. The third kappa shape index (κ3) is 4.08. The van der Waals surface area contributed by atoms with E-state index in [1.54, 1.807) is 0 Å². The predicted octanol–water partition coefficient (Wildman–Crippen LogP) is 3.96. The Bertz CT molecular complexity index is 837. The van der Waals surface area contributed by atoms with E-state index in [0.717, 1.165) is 42.5 Å². The molecule has 0 unspecified atom stereocenters. The molecular weight excluding hydrogens is 336 g/mol. The molecule has 2 aromatic rings. The third-order valence-corrected chi connectivity index (χ3v) is 5.48. The first kappa shape index (κ1) is 18.2. The zero-order valence-corrected chi connectivity index (χ0v) is 16.8. The molecule has 2 aliphatic rings. The molecule has 0 amide bonds. The summed E-state index contributed by atoms with van der Waals surface area (Å²) < 4.78 is 0. The summed E-state index contributed by atoms with van der Waals surface area (Å²) in [5.74, 6) is 2.15. The molecule has 27 heavy (non-hydrogen) atoms. The maximum Gasteiger partial charge on any atom is 0.225 e. The van der Waals surface area contributed by atoms with Gasteiger partial charge in [-0.2, -0.15) is 4.98 Å². The van der Waals surface area contributed by atoms with Crippen molar-refractivity contribution in [3.63, 3.8) is 0 Å². The van der Waals surface area contributed by atoms with Gasteiger partial charge in [-0.15, -0.1) is 0 Å². The second-order valence-corrected chi connectivity index (χ2v) is 8.76. The van der Waals surface area contributed by atoms with E-state index in [2.05, 4.69) is 42.3 Å². The lowest BCUT2D eigenvalue weighted by atomic mass is 9.91. The minimum atomic E-state index is -0.797. The number of aromatic nitrogens is 2. The highest BCUT2D eigenvalue weighted by molar-refractivity contribution is 5.49. The van der Waals surface area contributed by atoms with Crippen LogP contribution in [0.15, 0.2) is 24.3 Å². The number of rotatable bonds is 5. The lowest BCUT2D eigenvalue weighted by Crippen LogP contribution is -2.32. The SMILES string of the molecule is CC(C)c1cc(N2CCc3cc(C(C)(C)O)ccc3C2)nc(NC2CC2)n1. The van der Waals surface area contributed by atoms with E-state index in [4.69, 9.17) is 9.97 Å². The molecule has 1 aliphatic carbocycles. The predicted molar refractivity (Wildman–Crippen MR) is 109 cm³/mol. The van der Waals surface area contributed by atoms with E-state index in [-0.39, 0.29) is 0 Å². The number of nitrogens with one attached hydrogen (secondary N) is 1. The van der Waals surface area contributed by atoms with Crippen molar-refractivity contribution < 1.29 is 5.11 Å². The van der Waals surface area contributed by atoms with E-state index in [1.807, 2.05) is 19.9 Å². The van der Waals surface area contributed by atoms with Crippen LogP contribution >= 0.6 is 0 Å². The highest BCUT2D eigenvalue weighted by Gasteiger charge is 2.25. The van der Waals surface area contributed by atoms with Crippen LogP contribution < -0.4 is 10.2 Å². The molecule has 2 heterocycles. The van der Waals surface area contributed by atoms with Gasteiger partial charge in [0.25, 0.3) is 0 Å². The van der Waals surface area contributed by atoms with Crippen LogP contribution in [0, 0.1) is 0 Å². The first-order valence-electron chi connectivity index (χ1n) is 10.0. The summed E-state index contributed by atoms with van der Waals surface area (Å²) in [6.45, 7) is 9.81. The zero-order chi connectivity index (χ0) is 19.2. The van der Waals surface area contributed by atoms with Gasteiger partial charge in [-0.3, -0.25) is 0 Å². The molecule has 144 valence electrons. The molecule has 0 saturated heterocycles. The van der Waals surface area contributed by atoms with E-state index in [1.165, 1.54) is 24.0 Å². The highest BCUT2D eigenvalue weighted by atomic mass is 16.3. The summed E-state index contributed by atoms with van der Waals surface area (Å²) in [5, 5.41) is 13.7. The normalized spacial score (nSPS) is 17.2. The van der Waals surface area contributed by atoms with Gasteiger partial charge in [-0.05, 0) is 55.7 Å². The molecule has 1 saturated carbocycles. The van der Waals surface area contributed by atoms with Gasteiger partial charge in [0.2, 0.25) is 5.95 Å². The largest absolute Gasteiger partial charge is 0.386 e. The molecular formula is C22H30N4O. The molecule has 1 aromatic heterocycles. The maximum atomic E-state index is 10.3. The highest BCUT2D eigenvalue weighted by Crippen LogP contribution is 2.30. The van der Waals surface area contributed by atoms with Gasteiger partial charge in [-0.25, -0.2) is 4.98 Å². The maximum absolute atomic E-state index is 10.3. The molecule has 2 N–H and O–H groups in total. The standard InChI is InChI=1S/C22H30N4O/c1-14(2)19-12-20(25-21(24-19)23-18-7-8-18)26-10-9-15-11-17(22(3,4)27)6-5-16(15)13-26/h5-6,11-12,14,18,27H,7-10,13H2,1-4H3,(H,23,24,25). The quantitative estimate of drug-likeness (QED) is 0.839. The first-order chi connectivity index (χ1) is 12.8. The molecule has 5 nitrogen and oxygen atoms in total. The van der Waals surface area contributed by atoms with Crippen LogP contribution in [0.1, 0.15) is 68.8 Å². The summed E-state index contributed by atoms with van der Waals surface area (Å²) in [6, 6.07) is 9.04. The van der Waals surface area contributed by atoms with Crippen LogP contribution in [0.4, 0.5) is 11.8 Å². The van der Waals surface area contributed by atoms with Crippen LogP contribution in [0.25, 0.3) is 0 Å². The Labute approximate surface area is 161 Å². The summed E-state index contributed by atoms with van der Waals surface area (Å²) in [4.78, 5) is 11.9. The first-order valence-corrected chi connectivity index (χ1v) is 10.0. The van der Waals surface area contributed by atoms with Crippen molar-refractivity contribution in [2.75, 3.05) is 16.8 Å². The van der Waals surface area contributed by atoms with Crippen LogP contribution in [0.2, 0.25) is 0 Å². The van der Waals surface area contributed by atoms with Crippen molar-refractivity contribution in [1.29, 1.82) is 0 Å². The van der Waals surface area contributed by atoms with Gasteiger partial charge in [0.1, 0.15) is 5.82 Å². The Kier molecular flexibility index (Phi) is 4.58. The minimum Gasteiger partial charge on any atom is -0.386 e. The third-order valence-electron chi connectivity index (χ3n) is 5.48. The molecule has 4 rings (SSSR count). The van der Waals surface area contributed by atoms with Gasteiger partial charge in [0, 0.05) is 25.2 Å². The van der Waals surface area contributed by atoms with Crippen molar-refractivity contribution in [1.82, 2.24) is 9.97 Å². The monoisotopic (exact) mass is 366 g/mol. The Balaban J connectivity index is 1.60. The smallest absolute Gasteiger partial charge is 0.225 e. The number of anilines is 2. The number of fused-ring (bicyclic) bond motifs is 1. The lowest BCUT2D eigenvalue weighted by Gasteiger charge is -2.31. The Morgan fingerprint density at radius 3 is 2.59 bits per heavy atom. The summed E-state index contributed by atoms with van der Waals surface area (Å²) >= 11 is 0. The topological polar surface area (TPSA) is 61.3 Å².